The zero-order valence-corrected chi connectivity index (χ0v) is 10.7. The SMILES string of the molecule is COc1ccc([N+](=O)[O-])cc1CNC1(C(F)(F)F)CC1. The Morgan fingerprint density at radius 2 is 2.10 bits per heavy atom. The number of ether oxygens (including phenoxy) is 1. The molecule has 1 aliphatic carbocycles. The lowest BCUT2D eigenvalue weighted by Gasteiger charge is -2.21. The van der Waals surface area contributed by atoms with Crippen molar-refractivity contribution in [3.05, 3.63) is 33.9 Å². The third kappa shape index (κ3) is 2.69. The lowest BCUT2D eigenvalue weighted by molar-refractivity contribution is -0.384. The largest absolute Gasteiger partial charge is 0.496 e. The van der Waals surface area contributed by atoms with Gasteiger partial charge in [-0.2, -0.15) is 13.2 Å². The zero-order chi connectivity index (χ0) is 15.0. The number of hydrogen-bond donors (Lipinski definition) is 1. The second-order valence-electron chi connectivity index (χ2n) is 4.69. The van der Waals surface area contributed by atoms with Crippen LogP contribution in [0.3, 0.4) is 0 Å². The van der Waals surface area contributed by atoms with Crippen LogP contribution in [0.25, 0.3) is 0 Å². The highest BCUT2D eigenvalue weighted by Gasteiger charge is 2.62. The fourth-order valence-electron chi connectivity index (χ4n) is 1.97. The van der Waals surface area contributed by atoms with E-state index in [-0.39, 0.29) is 25.1 Å². The maximum atomic E-state index is 12.8. The van der Waals surface area contributed by atoms with Crippen molar-refractivity contribution in [2.24, 2.45) is 0 Å². The highest BCUT2D eigenvalue weighted by Crippen LogP contribution is 2.49. The van der Waals surface area contributed by atoms with Gasteiger partial charge in [-0.25, -0.2) is 0 Å². The van der Waals surface area contributed by atoms with E-state index in [1.807, 2.05) is 0 Å². The molecule has 0 amide bonds. The molecule has 1 aromatic rings. The van der Waals surface area contributed by atoms with Gasteiger partial charge in [0.1, 0.15) is 11.3 Å². The number of nitro benzene ring substituents is 1. The normalized spacial score (nSPS) is 16.8. The Labute approximate surface area is 112 Å². The second-order valence-corrected chi connectivity index (χ2v) is 4.69. The topological polar surface area (TPSA) is 64.4 Å². The minimum absolute atomic E-state index is 0.0216. The average Bonchev–Trinajstić information content (AvgIpc) is 3.16. The first-order valence-corrected chi connectivity index (χ1v) is 5.92. The lowest BCUT2D eigenvalue weighted by Crippen LogP contribution is -2.44. The summed E-state index contributed by atoms with van der Waals surface area (Å²) in [6.45, 7) is -0.135. The van der Waals surface area contributed by atoms with Crippen molar-refractivity contribution in [1.82, 2.24) is 5.32 Å². The molecule has 110 valence electrons. The van der Waals surface area contributed by atoms with Crippen molar-refractivity contribution in [2.75, 3.05) is 7.11 Å². The number of nitro groups is 1. The van der Waals surface area contributed by atoms with Crippen LogP contribution in [0.4, 0.5) is 18.9 Å². The van der Waals surface area contributed by atoms with Crippen LogP contribution in [0.2, 0.25) is 0 Å². The van der Waals surface area contributed by atoms with Gasteiger partial charge in [-0.3, -0.25) is 15.4 Å². The summed E-state index contributed by atoms with van der Waals surface area (Å²) in [7, 11) is 1.36. The van der Waals surface area contributed by atoms with E-state index >= 15 is 0 Å². The minimum Gasteiger partial charge on any atom is -0.496 e. The number of hydrogen-bond acceptors (Lipinski definition) is 4. The third-order valence-corrected chi connectivity index (χ3v) is 3.38. The molecule has 0 atom stereocenters. The lowest BCUT2D eigenvalue weighted by atomic mass is 10.1. The molecule has 0 saturated heterocycles. The van der Waals surface area contributed by atoms with E-state index in [9.17, 15) is 23.3 Å². The van der Waals surface area contributed by atoms with Crippen molar-refractivity contribution >= 4 is 5.69 Å². The summed E-state index contributed by atoms with van der Waals surface area (Å²) in [6.07, 6.45) is -4.28. The number of non-ortho nitro benzene ring substituents is 1. The smallest absolute Gasteiger partial charge is 0.406 e. The van der Waals surface area contributed by atoms with Gasteiger partial charge in [0, 0.05) is 24.2 Å². The number of methoxy groups -OCH3 is 1. The first-order valence-electron chi connectivity index (χ1n) is 5.92. The van der Waals surface area contributed by atoms with Crippen LogP contribution in [-0.4, -0.2) is 23.7 Å². The second kappa shape index (κ2) is 4.93. The zero-order valence-electron chi connectivity index (χ0n) is 10.7. The predicted molar refractivity (Wildman–Crippen MR) is 64.5 cm³/mol. The van der Waals surface area contributed by atoms with E-state index in [1.54, 1.807) is 0 Å². The molecule has 1 aromatic carbocycles. The van der Waals surface area contributed by atoms with Gasteiger partial charge in [0.15, 0.2) is 0 Å². The van der Waals surface area contributed by atoms with E-state index in [0.717, 1.165) is 0 Å². The van der Waals surface area contributed by atoms with Gasteiger partial charge < -0.3 is 4.74 Å². The van der Waals surface area contributed by atoms with Crippen molar-refractivity contribution < 1.29 is 22.8 Å². The summed E-state index contributed by atoms with van der Waals surface area (Å²) in [5.41, 5.74) is -1.71. The maximum absolute atomic E-state index is 12.8. The summed E-state index contributed by atoms with van der Waals surface area (Å²) >= 11 is 0. The Bertz CT molecular complexity index is 527. The Kier molecular flexibility index (Phi) is 3.59. The van der Waals surface area contributed by atoms with Crippen molar-refractivity contribution in [3.8, 4) is 5.75 Å². The molecule has 0 aromatic heterocycles. The molecule has 8 heteroatoms. The standard InChI is InChI=1S/C12H13F3N2O3/c1-20-10-3-2-9(17(18)19)6-8(10)7-16-11(4-5-11)12(13,14)15/h2-3,6,16H,4-5,7H2,1H3. The number of alkyl halides is 3. The molecule has 1 aliphatic rings. The van der Waals surface area contributed by atoms with Gasteiger partial charge in [0.05, 0.1) is 12.0 Å². The summed E-state index contributed by atoms with van der Waals surface area (Å²) in [6, 6.07) is 3.85. The molecule has 1 fully saturated rings. The fourth-order valence-corrected chi connectivity index (χ4v) is 1.97. The van der Waals surface area contributed by atoms with Gasteiger partial charge in [-0.1, -0.05) is 0 Å². The monoisotopic (exact) mass is 290 g/mol. The average molecular weight is 290 g/mol. The molecular formula is C12H13F3N2O3. The molecule has 2 rings (SSSR count). The van der Waals surface area contributed by atoms with Gasteiger partial charge in [-0.05, 0) is 18.9 Å². The van der Waals surface area contributed by atoms with Gasteiger partial charge in [0.2, 0.25) is 0 Å². The number of halogens is 3. The molecule has 0 bridgehead atoms. The van der Waals surface area contributed by atoms with Crippen LogP contribution < -0.4 is 10.1 Å². The van der Waals surface area contributed by atoms with Gasteiger partial charge in [-0.15, -0.1) is 0 Å². The van der Waals surface area contributed by atoms with Crippen molar-refractivity contribution in [3.63, 3.8) is 0 Å². The number of rotatable bonds is 5. The Morgan fingerprint density at radius 3 is 2.55 bits per heavy atom. The van der Waals surface area contributed by atoms with E-state index in [0.29, 0.717) is 11.3 Å². The van der Waals surface area contributed by atoms with Crippen molar-refractivity contribution in [2.45, 2.75) is 31.1 Å². The van der Waals surface area contributed by atoms with E-state index in [1.165, 1.54) is 25.3 Å². The Morgan fingerprint density at radius 1 is 1.45 bits per heavy atom. The van der Waals surface area contributed by atoms with Crippen LogP contribution in [0.15, 0.2) is 18.2 Å². The van der Waals surface area contributed by atoms with Crippen LogP contribution in [0.1, 0.15) is 18.4 Å². The highest BCUT2D eigenvalue weighted by atomic mass is 19.4. The molecule has 0 spiro atoms. The third-order valence-electron chi connectivity index (χ3n) is 3.38. The molecule has 0 aliphatic heterocycles. The highest BCUT2D eigenvalue weighted by molar-refractivity contribution is 5.44. The molecule has 5 nitrogen and oxygen atoms in total. The summed E-state index contributed by atoms with van der Waals surface area (Å²) in [5.74, 6) is 0.320. The first-order chi connectivity index (χ1) is 9.29. The van der Waals surface area contributed by atoms with Crippen LogP contribution in [0.5, 0.6) is 5.75 Å². The summed E-state index contributed by atoms with van der Waals surface area (Å²) in [4.78, 5) is 10.1. The number of nitrogens with zero attached hydrogens (tertiary/aromatic N) is 1. The minimum atomic E-state index is -4.32. The summed E-state index contributed by atoms with van der Waals surface area (Å²) in [5, 5.41) is 13.1. The quantitative estimate of drug-likeness (QED) is 0.669. The Balaban J connectivity index is 2.16. The number of nitrogens with one attached hydrogen (secondary N) is 1. The van der Waals surface area contributed by atoms with Crippen LogP contribution in [-0.2, 0) is 6.54 Å². The molecule has 0 heterocycles. The predicted octanol–water partition coefficient (Wildman–Crippen LogP) is 2.79. The number of benzene rings is 1. The van der Waals surface area contributed by atoms with Crippen LogP contribution >= 0.6 is 0 Å². The molecule has 1 saturated carbocycles. The molecule has 1 N–H and O–H groups in total. The first kappa shape index (κ1) is 14.6. The van der Waals surface area contributed by atoms with E-state index in [2.05, 4.69) is 5.32 Å². The van der Waals surface area contributed by atoms with Gasteiger partial charge >= 0.3 is 6.18 Å². The Hall–Kier alpha value is -1.83. The van der Waals surface area contributed by atoms with Crippen molar-refractivity contribution in [1.29, 1.82) is 0 Å². The van der Waals surface area contributed by atoms with Gasteiger partial charge in [0.25, 0.3) is 5.69 Å². The fraction of sp³-hybridized carbons (Fsp3) is 0.500. The van der Waals surface area contributed by atoms with Crippen LogP contribution in [0, 0.1) is 10.1 Å². The molecule has 20 heavy (non-hydrogen) atoms. The molecule has 0 unspecified atom stereocenters. The molecular weight excluding hydrogens is 277 g/mol. The molecule has 0 radical (unpaired) electrons. The van der Waals surface area contributed by atoms with E-state index in [4.69, 9.17) is 4.74 Å². The van der Waals surface area contributed by atoms with E-state index < -0.39 is 16.6 Å². The summed E-state index contributed by atoms with van der Waals surface area (Å²) < 4.78 is 43.4. The maximum Gasteiger partial charge on any atom is 0.406 e.